The summed E-state index contributed by atoms with van der Waals surface area (Å²) in [4.78, 5) is 0. The number of allylic oxidation sites excluding steroid dienone is 2. The highest BCUT2D eigenvalue weighted by Gasteiger charge is 2.44. The fourth-order valence-electron chi connectivity index (χ4n) is 5.74. The Balaban J connectivity index is 2.18. The van der Waals surface area contributed by atoms with Gasteiger partial charge < -0.3 is 13.9 Å². The molecule has 0 bridgehead atoms. The fourth-order valence-corrected chi connectivity index (χ4v) is 8.94. The predicted molar refractivity (Wildman–Crippen MR) is 139 cm³/mol. The molecule has 1 aliphatic rings. The minimum Gasteiger partial charge on any atom is -0.496 e. The zero-order valence-electron chi connectivity index (χ0n) is 21.4. The molecule has 0 amide bonds. The lowest BCUT2D eigenvalue weighted by Crippen LogP contribution is -2.49. The standard InChI is InChI=1S/C28H42O3Si/c1-9-32(10-2,11-3)31-28(5,6)24-17-16-20(4)18-23(24)26-25(29-7)19-21-14-12-13-15-22(21)27(26)30-8/h12-15,18-19,23-24H,9-11,16-17H2,1-8H3/t23-,24-/m1/s1. The van der Waals surface area contributed by atoms with Gasteiger partial charge in [-0.3, -0.25) is 0 Å². The van der Waals surface area contributed by atoms with Gasteiger partial charge in [0.1, 0.15) is 11.5 Å². The van der Waals surface area contributed by atoms with Gasteiger partial charge in [-0.15, -0.1) is 0 Å². The maximum atomic E-state index is 7.16. The number of hydrogen-bond acceptors (Lipinski definition) is 3. The Morgan fingerprint density at radius 2 is 1.66 bits per heavy atom. The summed E-state index contributed by atoms with van der Waals surface area (Å²) in [7, 11) is 1.80. The molecule has 2 atom stereocenters. The molecule has 3 rings (SSSR count). The summed E-state index contributed by atoms with van der Waals surface area (Å²) >= 11 is 0. The van der Waals surface area contributed by atoms with Gasteiger partial charge >= 0.3 is 0 Å². The molecule has 0 aromatic heterocycles. The maximum absolute atomic E-state index is 7.16. The lowest BCUT2D eigenvalue weighted by molar-refractivity contribution is 0.0182. The van der Waals surface area contributed by atoms with E-state index in [0.29, 0.717) is 5.92 Å². The molecule has 0 saturated carbocycles. The first-order chi connectivity index (χ1) is 15.3. The SMILES string of the molecule is CC[Si](CC)(CC)OC(C)(C)[C@@H]1CCC(C)=C[C@H]1c1c(OC)cc2ccccc2c1OC. The van der Waals surface area contributed by atoms with Gasteiger partial charge in [-0.1, -0.05) is 56.7 Å². The smallest absolute Gasteiger partial charge is 0.192 e. The molecular weight excluding hydrogens is 412 g/mol. The highest BCUT2D eigenvalue weighted by atomic mass is 28.4. The molecule has 2 aromatic rings. The fraction of sp³-hybridized carbons (Fsp3) is 0.571. The maximum Gasteiger partial charge on any atom is 0.192 e. The second kappa shape index (κ2) is 10.0. The van der Waals surface area contributed by atoms with E-state index < -0.39 is 8.32 Å². The largest absolute Gasteiger partial charge is 0.496 e. The van der Waals surface area contributed by atoms with E-state index in [4.69, 9.17) is 13.9 Å². The molecule has 0 radical (unpaired) electrons. The van der Waals surface area contributed by atoms with Crippen molar-refractivity contribution in [3.63, 3.8) is 0 Å². The van der Waals surface area contributed by atoms with Crippen molar-refractivity contribution >= 4 is 19.1 Å². The van der Waals surface area contributed by atoms with Crippen LogP contribution in [0.4, 0.5) is 0 Å². The van der Waals surface area contributed by atoms with E-state index in [1.807, 2.05) is 0 Å². The third-order valence-corrected chi connectivity index (χ3v) is 12.6. The van der Waals surface area contributed by atoms with Gasteiger partial charge in [-0.05, 0) is 69.1 Å². The van der Waals surface area contributed by atoms with Crippen LogP contribution in [-0.4, -0.2) is 28.1 Å². The van der Waals surface area contributed by atoms with Crippen molar-refractivity contribution in [3.8, 4) is 11.5 Å². The quantitative estimate of drug-likeness (QED) is 0.283. The molecule has 0 saturated heterocycles. The van der Waals surface area contributed by atoms with Crippen molar-refractivity contribution in [2.45, 2.75) is 84.0 Å². The van der Waals surface area contributed by atoms with Gasteiger partial charge in [0.05, 0.1) is 19.8 Å². The normalized spacial score (nSPS) is 19.7. The monoisotopic (exact) mass is 454 g/mol. The van der Waals surface area contributed by atoms with Crippen LogP contribution < -0.4 is 9.47 Å². The number of hydrogen-bond donors (Lipinski definition) is 0. The number of ether oxygens (including phenoxy) is 2. The Kier molecular flexibility index (Phi) is 7.77. The third kappa shape index (κ3) is 4.63. The summed E-state index contributed by atoms with van der Waals surface area (Å²) < 4.78 is 19.2. The summed E-state index contributed by atoms with van der Waals surface area (Å²) in [6.45, 7) is 13.8. The molecular formula is C28H42O3Si. The molecule has 0 heterocycles. The van der Waals surface area contributed by atoms with E-state index in [1.165, 1.54) is 5.57 Å². The van der Waals surface area contributed by atoms with E-state index in [1.54, 1.807) is 14.2 Å². The number of fused-ring (bicyclic) bond motifs is 1. The molecule has 0 spiro atoms. The van der Waals surface area contributed by atoms with E-state index in [2.05, 4.69) is 78.0 Å². The lowest BCUT2D eigenvalue weighted by Gasteiger charge is -2.47. The molecule has 4 heteroatoms. The van der Waals surface area contributed by atoms with E-state index in [9.17, 15) is 0 Å². The molecule has 1 aliphatic carbocycles. The van der Waals surface area contributed by atoms with E-state index >= 15 is 0 Å². The zero-order valence-corrected chi connectivity index (χ0v) is 22.4. The molecule has 0 N–H and O–H groups in total. The van der Waals surface area contributed by atoms with Gasteiger partial charge in [0.25, 0.3) is 0 Å². The van der Waals surface area contributed by atoms with Gasteiger partial charge in [0.15, 0.2) is 8.32 Å². The van der Waals surface area contributed by atoms with Crippen LogP contribution in [-0.2, 0) is 4.43 Å². The average molecular weight is 455 g/mol. The van der Waals surface area contributed by atoms with Crippen molar-refractivity contribution in [3.05, 3.63) is 47.5 Å². The molecule has 3 nitrogen and oxygen atoms in total. The van der Waals surface area contributed by atoms with Crippen molar-refractivity contribution in [1.82, 2.24) is 0 Å². The molecule has 0 fully saturated rings. The van der Waals surface area contributed by atoms with Crippen LogP contribution in [0.15, 0.2) is 42.0 Å². The van der Waals surface area contributed by atoms with Crippen LogP contribution in [0, 0.1) is 5.92 Å². The van der Waals surface area contributed by atoms with Crippen LogP contribution >= 0.6 is 0 Å². The molecule has 176 valence electrons. The van der Waals surface area contributed by atoms with Crippen LogP contribution in [0.2, 0.25) is 18.1 Å². The summed E-state index contributed by atoms with van der Waals surface area (Å²) in [5.74, 6) is 2.38. The van der Waals surface area contributed by atoms with Crippen molar-refractivity contribution < 1.29 is 13.9 Å². The number of rotatable bonds is 9. The second-order valence-electron chi connectivity index (χ2n) is 9.88. The van der Waals surface area contributed by atoms with Gasteiger partial charge in [-0.25, -0.2) is 0 Å². The van der Waals surface area contributed by atoms with Crippen LogP contribution in [0.3, 0.4) is 0 Å². The molecule has 2 aromatic carbocycles. The number of benzene rings is 2. The Bertz CT molecular complexity index is 950. The molecule has 0 aliphatic heterocycles. The Morgan fingerprint density at radius 3 is 2.25 bits per heavy atom. The predicted octanol–water partition coefficient (Wildman–Crippen LogP) is 8.10. The lowest BCUT2D eigenvalue weighted by atomic mass is 9.69. The van der Waals surface area contributed by atoms with Crippen molar-refractivity contribution in [1.29, 1.82) is 0 Å². The first-order valence-corrected chi connectivity index (χ1v) is 14.8. The second-order valence-corrected chi connectivity index (χ2v) is 14.6. The van der Waals surface area contributed by atoms with Crippen LogP contribution in [0.5, 0.6) is 11.5 Å². The van der Waals surface area contributed by atoms with E-state index in [-0.39, 0.29) is 11.5 Å². The Hall–Kier alpha value is -1.78. The minimum absolute atomic E-state index is 0.186. The third-order valence-electron chi connectivity index (χ3n) is 7.81. The summed E-state index contributed by atoms with van der Waals surface area (Å²) in [6.07, 6.45) is 4.67. The Morgan fingerprint density at radius 1 is 1.00 bits per heavy atom. The first kappa shape index (κ1) is 24.9. The molecule has 0 unspecified atom stereocenters. The summed E-state index contributed by atoms with van der Waals surface area (Å²) in [5, 5.41) is 2.28. The van der Waals surface area contributed by atoms with Gasteiger partial charge in [0, 0.05) is 16.9 Å². The van der Waals surface area contributed by atoms with Gasteiger partial charge in [0.2, 0.25) is 0 Å². The average Bonchev–Trinajstić information content (AvgIpc) is 2.81. The highest BCUT2D eigenvalue weighted by molar-refractivity contribution is 6.73. The zero-order chi connectivity index (χ0) is 23.5. The minimum atomic E-state index is -1.76. The summed E-state index contributed by atoms with van der Waals surface area (Å²) in [5.41, 5.74) is 2.37. The summed E-state index contributed by atoms with van der Waals surface area (Å²) in [6, 6.07) is 14.1. The van der Waals surface area contributed by atoms with Gasteiger partial charge in [-0.2, -0.15) is 0 Å². The van der Waals surface area contributed by atoms with Crippen molar-refractivity contribution in [2.24, 2.45) is 5.92 Å². The molecule has 32 heavy (non-hydrogen) atoms. The topological polar surface area (TPSA) is 27.7 Å². The first-order valence-electron chi connectivity index (χ1n) is 12.3. The number of methoxy groups -OCH3 is 2. The van der Waals surface area contributed by atoms with Crippen molar-refractivity contribution in [2.75, 3.05) is 14.2 Å². The van der Waals surface area contributed by atoms with Crippen LogP contribution in [0.1, 0.15) is 65.9 Å². The Labute approximate surface area is 196 Å². The van der Waals surface area contributed by atoms with E-state index in [0.717, 1.165) is 58.8 Å². The highest BCUT2D eigenvalue weighted by Crippen LogP contribution is 2.51. The van der Waals surface area contributed by atoms with Crippen LogP contribution in [0.25, 0.3) is 10.8 Å².